The smallest absolute Gasteiger partial charge is 0.158 e. The van der Waals surface area contributed by atoms with Crippen LogP contribution < -0.4 is 0 Å². The molecule has 0 aromatic carbocycles. The molecule has 0 rings (SSSR count). The summed E-state index contributed by atoms with van der Waals surface area (Å²) in [5.41, 5.74) is 0.0259. The first kappa shape index (κ1) is 22.5. The molecule has 0 heterocycles. The van der Waals surface area contributed by atoms with Crippen molar-refractivity contribution in [2.45, 2.75) is 92.2 Å². The number of hydrogen-bond acceptors (Lipinski definition) is 2. The molecule has 1 atom stereocenters. The molecule has 6 heteroatoms. The average Bonchev–Trinajstić information content (AvgIpc) is 2.16. The van der Waals surface area contributed by atoms with Gasteiger partial charge in [-0.3, -0.25) is 0 Å². The third-order valence-electron chi connectivity index (χ3n) is 4.76. The zero-order valence-corrected chi connectivity index (χ0v) is 21.2. The van der Waals surface area contributed by atoms with E-state index in [9.17, 15) is 4.79 Å². The van der Waals surface area contributed by atoms with Gasteiger partial charge in [0, 0.05) is 6.42 Å². The summed E-state index contributed by atoms with van der Waals surface area (Å²) >= 11 is 0. The molecule has 0 saturated heterocycles. The second-order valence-electron chi connectivity index (χ2n) is 10.8. The Hall–Kier alpha value is 0.498. The van der Waals surface area contributed by atoms with E-state index in [0.29, 0.717) is 6.42 Å². The van der Waals surface area contributed by atoms with E-state index in [-0.39, 0.29) is 11.5 Å². The highest BCUT2D eigenvalue weighted by Crippen LogP contribution is 2.41. The maximum absolute atomic E-state index is 11.3. The fourth-order valence-corrected chi connectivity index (χ4v) is 98.9. The highest BCUT2D eigenvalue weighted by molar-refractivity contribution is 7.87. The molecule has 0 aromatic rings. The van der Waals surface area contributed by atoms with E-state index in [1.54, 1.807) is 0 Å². The molecule has 22 heavy (non-hydrogen) atoms. The summed E-state index contributed by atoms with van der Waals surface area (Å²) in [6, 6.07) is 0. The van der Waals surface area contributed by atoms with Gasteiger partial charge in [0.2, 0.25) is 0 Å². The first-order chi connectivity index (χ1) is 9.42. The van der Waals surface area contributed by atoms with Crippen LogP contribution in [0.1, 0.15) is 27.2 Å². The van der Waals surface area contributed by atoms with E-state index in [2.05, 4.69) is 79.7 Å². The fourth-order valence-electron chi connectivity index (χ4n) is 4.78. The van der Waals surface area contributed by atoms with Crippen molar-refractivity contribution in [1.82, 2.24) is 0 Å². The van der Waals surface area contributed by atoms with Crippen LogP contribution >= 0.6 is 0 Å². The molecule has 2 nitrogen and oxygen atoms in total. The highest BCUT2D eigenvalue weighted by Gasteiger charge is 2.64. The molecule has 0 bridgehead atoms. The Morgan fingerprint density at radius 1 is 0.818 bits per heavy atom. The summed E-state index contributed by atoms with van der Waals surface area (Å²) in [7, 11) is -4.36. The number of hydrogen-bond donors (Lipinski definition) is 0. The summed E-state index contributed by atoms with van der Waals surface area (Å²) in [6.07, 6.45) is 1.67. The molecule has 0 spiro atoms. The molecule has 0 aromatic heterocycles. The quantitative estimate of drug-likeness (QED) is 0.451. The van der Waals surface area contributed by atoms with E-state index < -0.39 is 29.6 Å². The lowest BCUT2D eigenvalue weighted by atomic mass is 9.88. The predicted octanol–water partition coefficient (Wildman–Crippen LogP) is 5.20. The second-order valence-corrected chi connectivity index (χ2v) is 50.2. The minimum absolute atomic E-state index is 0.0259. The van der Waals surface area contributed by atoms with Crippen LogP contribution in [0.4, 0.5) is 0 Å². The maximum Gasteiger partial charge on any atom is 0.158 e. The Balaban J connectivity index is 6.26. The average molecular weight is 377 g/mol. The second kappa shape index (κ2) is 6.78. The molecular weight excluding hydrogens is 337 g/mol. The molecule has 0 amide bonds. The van der Waals surface area contributed by atoms with Gasteiger partial charge in [-0.1, -0.05) is 79.7 Å². The monoisotopic (exact) mass is 376 g/mol. The zero-order chi connectivity index (χ0) is 18.2. The molecule has 1 unspecified atom stereocenters. The molecule has 0 fully saturated rings. The third kappa shape index (κ3) is 4.52. The van der Waals surface area contributed by atoms with Gasteiger partial charge in [-0.2, -0.15) is 0 Å². The third-order valence-corrected chi connectivity index (χ3v) is 72.3. The van der Waals surface area contributed by atoms with E-state index >= 15 is 0 Å². The number of aldehydes is 1. The van der Waals surface area contributed by atoms with Gasteiger partial charge >= 0.3 is 0 Å². The number of carbonyl (C=O) groups excluding carboxylic acids is 1. The molecule has 0 aliphatic carbocycles. The fraction of sp³-hybridized carbons (Fsp3) is 0.938. The maximum atomic E-state index is 11.3. The Morgan fingerprint density at radius 3 is 1.32 bits per heavy atom. The molecule has 0 aliphatic heterocycles. The summed E-state index contributed by atoms with van der Waals surface area (Å²) in [6.45, 7) is 27.5. The lowest BCUT2D eigenvalue weighted by Crippen LogP contribution is -2.85. The molecule has 0 aliphatic rings. The molecular formula is C16H40O2Si4. The van der Waals surface area contributed by atoms with E-state index in [4.69, 9.17) is 4.43 Å². The van der Waals surface area contributed by atoms with Gasteiger partial charge in [-0.15, -0.1) is 0 Å². The van der Waals surface area contributed by atoms with Gasteiger partial charge in [0.05, 0.1) is 28.9 Å². The number of carbonyl (C=O) groups is 1. The van der Waals surface area contributed by atoms with E-state index in [1.807, 2.05) is 0 Å². The Morgan fingerprint density at radius 2 is 1.14 bits per heavy atom. The van der Waals surface area contributed by atoms with Crippen LogP contribution in [0.2, 0.25) is 58.9 Å². The van der Waals surface area contributed by atoms with Crippen LogP contribution in [0, 0.1) is 5.41 Å². The highest BCUT2D eigenvalue weighted by atomic mass is 29.9. The van der Waals surface area contributed by atoms with Gasteiger partial charge in [0.15, 0.2) is 6.87 Å². The van der Waals surface area contributed by atoms with Crippen molar-refractivity contribution in [3.8, 4) is 0 Å². The standard InChI is InChI=1S/C16H40O2Si4/c1-16(2,3)15(13-14-17)18-22(19(4,5)6,20(7,8)9)21(10,11)12/h14-15H,13H2,1-12H3. The number of rotatable bonds is 7. The first-order valence-electron chi connectivity index (χ1n) is 8.53. The molecule has 0 radical (unpaired) electrons. The Labute approximate surface area is 143 Å². The summed E-state index contributed by atoms with van der Waals surface area (Å²) in [5.74, 6) is 0. The molecule has 132 valence electrons. The summed E-state index contributed by atoms with van der Waals surface area (Å²) in [4.78, 5) is 11.3. The Kier molecular flexibility index (Phi) is 6.93. The topological polar surface area (TPSA) is 26.3 Å². The van der Waals surface area contributed by atoms with Crippen LogP contribution in [-0.2, 0) is 9.22 Å². The van der Waals surface area contributed by atoms with Crippen molar-refractivity contribution in [3.05, 3.63) is 0 Å². The van der Waals surface area contributed by atoms with Gasteiger partial charge in [-0.25, -0.2) is 0 Å². The van der Waals surface area contributed by atoms with E-state index in [0.717, 1.165) is 6.29 Å². The normalized spacial score (nSPS) is 16.5. The van der Waals surface area contributed by atoms with Crippen molar-refractivity contribution in [2.75, 3.05) is 0 Å². The molecule has 0 N–H and O–H groups in total. The minimum atomic E-state index is -1.85. The van der Waals surface area contributed by atoms with Crippen molar-refractivity contribution >= 4 is 35.9 Å². The summed E-state index contributed by atoms with van der Waals surface area (Å²) in [5, 5.41) is 0. The van der Waals surface area contributed by atoms with Gasteiger partial charge in [-0.05, 0) is 5.41 Å². The largest absolute Gasteiger partial charge is 0.422 e. The van der Waals surface area contributed by atoms with Crippen molar-refractivity contribution in [1.29, 1.82) is 0 Å². The Bertz CT molecular complexity index is 345. The van der Waals surface area contributed by atoms with Gasteiger partial charge in [0.1, 0.15) is 6.29 Å². The lowest BCUT2D eigenvalue weighted by molar-refractivity contribution is -0.110. The minimum Gasteiger partial charge on any atom is -0.422 e. The van der Waals surface area contributed by atoms with Crippen molar-refractivity contribution < 1.29 is 9.22 Å². The van der Waals surface area contributed by atoms with Crippen LogP contribution in [0.25, 0.3) is 0 Å². The van der Waals surface area contributed by atoms with Crippen LogP contribution in [0.3, 0.4) is 0 Å². The van der Waals surface area contributed by atoms with Crippen LogP contribution in [0.15, 0.2) is 0 Å². The van der Waals surface area contributed by atoms with Crippen molar-refractivity contribution in [3.63, 3.8) is 0 Å². The SMILES string of the molecule is CC(C)(C)C(CC=O)O[Si]([Si](C)(C)C)([Si](C)(C)C)[Si](C)(C)C. The van der Waals surface area contributed by atoms with Crippen LogP contribution in [0.5, 0.6) is 0 Å². The van der Waals surface area contributed by atoms with Gasteiger partial charge in [0.25, 0.3) is 0 Å². The van der Waals surface area contributed by atoms with Crippen LogP contribution in [-0.4, -0.2) is 42.0 Å². The van der Waals surface area contributed by atoms with E-state index in [1.165, 1.54) is 0 Å². The molecule has 0 saturated carbocycles. The lowest BCUT2D eigenvalue weighted by Gasteiger charge is -2.58. The first-order valence-corrected chi connectivity index (χ1v) is 23.9. The van der Waals surface area contributed by atoms with Gasteiger partial charge < -0.3 is 9.22 Å². The van der Waals surface area contributed by atoms with Crippen molar-refractivity contribution in [2.24, 2.45) is 5.41 Å². The predicted molar refractivity (Wildman–Crippen MR) is 111 cm³/mol. The zero-order valence-electron chi connectivity index (χ0n) is 17.2. The summed E-state index contributed by atoms with van der Waals surface area (Å²) < 4.78 is 7.23.